The molecule has 168 valence electrons. The van der Waals surface area contributed by atoms with Crippen LogP contribution in [0.3, 0.4) is 0 Å². The molecule has 1 heterocycles. The number of amides is 4. The third-order valence-corrected chi connectivity index (χ3v) is 5.59. The second-order valence-electron chi connectivity index (χ2n) is 7.87. The molecular weight excluding hydrogens is 428 g/mol. The van der Waals surface area contributed by atoms with Gasteiger partial charge in [0, 0.05) is 17.3 Å². The van der Waals surface area contributed by atoms with Crippen LogP contribution < -0.4 is 10.2 Å². The van der Waals surface area contributed by atoms with Crippen LogP contribution >= 0.6 is 0 Å². The van der Waals surface area contributed by atoms with Crippen molar-refractivity contribution in [1.29, 1.82) is 0 Å². The molecule has 4 rings (SSSR count). The Morgan fingerprint density at radius 1 is 0.970 bits per heavy atom. The third kappa shape index (κ3) is 4.32. The standard InChI is InChI=1S/C25H21F2N3O3/c1-25(20-13-12-18(26)14-21(20)27)23(32)30(24(33)28-25)16-22(31)29(19-10-6-3-7-11-19)15-17-8-4-2-5-9-17/h2-14H,15-16H2,1H3,(H,28,33). The topological polar surface area (TPSA) is 69.7 Å². The molecule has 1 fully saturated rings. The Bertz CT molecular complexity index is 1200. The summed E-state index contributed by atoms with van der Waals surface area (Å²) in [6, 6.07) is 20.1. The zero-order valence-corrected chi connectivity index (χ0v) is 17.8. The molecular formula is C25H21F2N3O3. The monoisotopic (exact) mass is 449 g/mol. The second kappa shape index (κ2) is 8.82. The first-order chi connectivity index (χ1) is 15.8. The fourth-order valence-corrected chi connectivity index (χ4v) is 3.84. The number of rotatable bonds is 6. The number of benzene rings is 3. The van der Waals surface area contributed by atoms with Gasteiger partial charge in [-0.1, -0.05) is 54.6 Å². The minimum atomic E-state index is -1.76. The molecule has 0 radical (unpaired) electrons. The van der Waals surface area contributed by atoms with Crippen molar-refractivity contribution >= 4 is 23.5 Å². The van der Waals surface area contributed by atoms with Crippen molar-refractivity contribution in [3.05, 3.63) is 102 Å². The lowest BCUT2D eigenvalue weighted by molar-refractivity contribution is -0.134. The van der Waals surface area contributed by atoms with Crippen LogP contribution in [0.4, 0.5) is 19.3 Å². The summed E-state index contributed by atoms with van der Waals surface area (Å²) in [5.41, 5.74) is -0.469. The Hall–Kier alpha value is -4.07. The summed E-state index contributed by atoms with van der Waals surface area (Å²) in [5, 5.41) is 2.44. The summed E-state index contributed by atoms with van der Waals surface area (Å²) in [6.07, 6.45) is 0. The summed E-state index contributed by atoms with van der Waals surface area (Å²) in [4.78, 5) is 41.3. The zero-order chi connectivity index (χ0) is 23.6. The SMILES string of the molecule is CC1(c2ccc(F)cc2F)NC(=O)N(CC(=O)N(Cc2ccccc2)c2ccccc2)C1=O. The van der Waals surface area contributed by atoms with Gasteiger partial charge in [0.25, 0.3) is 5.91 Å². The number of imide groups is 1. The largest absolute Gasteiger partial charge is 0.325 e. The van der Waals surface area contributed by atoms with E-state index in [-0.39, 0.29) is 12.1 Å². The van der Waals surface area contributed by atoms with E-state index in [0.717, 1.165) is 22.6 Å². The van der Waals surface area contributed by atoms with Gasteiger partial charge in [-0.25, -0.2) is 13.6 Å². The molecule has 1 atom stereocenters. The van der Waals surface area contributed by atoms with E-state index in [4.69, 9.17) is 0 Å². The van der Waals surface area contributed by atoms with Gasteiger partial charge in [0.1, 0.15) is 23.7 Å². The Labute approximate surface area is 189 Å². The van der Waals surface area contributed by atoms with Gasteiger partial charge in [-0.3, -0.25) is 14.5 Å². The molecule has 0 aromatic heterocycles. The quantitative estimate of drug-likeness (QED) is 0.579. The maximum Gasteiger partial charge on any atom is 0.325 e. The van der Waals surface area contributed by atoms with Crippen LogP contribution in [0.1, 0.15) is 18.1 Å². The highest BCUT2D eigenvalue weighted by atomic mass is 19.1. The highest BCUT2D eigenvalue weighted by molar-refractivity contribution is 6.10. The second-order valence-corrected chi connectivity index (χ2v) is 7.87. The smallest absolute Gasteiger partial charge is 0.319 e. The molecule has 0 aliphatic carbocycles. The van der Waals surface area contributed by atoms with Gasteiger partial charge in [-0.05, 0) is 30.7 Å². The predicted molar refractivity (Wildman–Crippen MR) is 118 cm³/mol. The van der Waals surface area contributed by atoms with Crippen molar-refractivity contribution < 1.29 is 23.2 Å². The lowest BCUT2D eigenvalue weighted by atomic mass is 9.91. The van der Waals surface area contributed by atoms with Crippen molar-refractivity contribution in [2.75, 3.05) is 11.4 Å². The lowest BCUT2D eigenvalue weighted by Gasteiger charge is -2.26. The number of hydrogen-bond acceptors (Lipinski definition) is 3. The van der Waals surface area contributed by atoms with Crippen molar-refractivity contribution in [3.8, 4) is 0 Å². The van der Waals surface area contributed by atoms with Crippen LogP contribution in [0.2, 0.25) is 0 Å². The average Bonchev–Trinajstić information content (AvgIpc) is 3.02. The number of halogens is 2. The van der Waals surface area contributed by atoms with E-state index in [0.29, 0.717) is 11.8 Å². The van der Waals surface area contributed by atoms with Gasteiger partial charge in [0.2, 0.25) is 5.91 Å². The van der Waals surface area contributed by atoms with Crippen LogP contribution in [0.5, 0.6) is 0 Å². The van der Waals surface area contributed by atoms with E-state index >= 15 is 0 Å². The molecule has 0 saturated carbocycles. The normalized spacial score (nSPS) is 17.7. The number of urea groups is 1. The fourth-order valence-electron chi connectivity index (χ4n) is 3.84. The van der Waals surface area contributed by atoms with Crippen molar-refractivity contribution in [1.82, 2.24) is 10.2 Å². The first kappa shape index (κ1) is 22.1. The number of para-hydroxylation sites is 1. The van der Waals surface area contributed by atoms with E-state index in [1.165, 1.54) is 11.8 Å². The van der Waals surface area contributed by atoms with E-state index in [9.17, 15) is 23.2 Å². The van der Waals surface area contributed by atoms with Crippen molar-refractivity contribution in [3.63, 3.8) is 0 Å². The average molecular weight is 449 g/mol. The number of anilines is 1. The van der Waals surface area contributed by atoms with E-state index in [1.807, 2.05) is 36.4 Å². The molecule has 1 aliphatic rings. The summed E-state index contributed by atoms with van der Waals surface area (Å²) in [6.45, 7) is 1.02. The van der Waals surface area contributed by atoms with Gasteiger partial charge in [0.05, 0.1) is 6.54 Å². The number of hydrogen-bond donors (Lipinski definition) is 1. The maximum absolute atomic E-state index is 14.4. The van der Waals surface area contributed by atoms with E-state index < -0.39 is 41.6 Å². The molecule has 1 saturated heterocycles. The van der Waals surface area contributed by atoms with E-state index in [2.05, 4.69) is 5.32 Å². The molecule has 3 aromatic rings. The molecule has 8 heteroatoms. The number of nitrogens with one attached hydrogen (secondary N) is 1. The molecule has 1 unspecified atom stereocenters. The van der Waals surface area contributed by atoms with Gasteiger partial charge in [-0.2, -0.15) is 0 Å². The van der Waals surface area contributed by atoms with E-state index in [1.54, 1.807) is 24.3 Å². The van der Waals surface area contributed by atoms with Crippen LogP contribution in [0, 0.1) is 11.6 Å². The Morgan fingerprint density at radius 2 is 1.61 bits per heavy atom. The molecule has 1 aliphatic heterocycles. The number of carbonyl (C=O) groups excluding carboxylic acids is 3. The Kier molecular flexibility index (Phi) is 5.91. The molecule has 0 spiro atoms. The van der Waals surface area contributed by atoms with Crippen molar-refractivity contribution in [2.45, 2.75) is 19.0 Å². The van der Waals surface area contributed by atoms with Gasteiger partial charge < -0.3 is 10.2 Å². The first-order valence-electron chi connectivity index (χ1n) is 10.3. The predicted octanol–water partition coefficient (Wildman–Crippen LogP) is 3.97. The van der Waals surface area contributed by atoms with Crippen molar-refractivity contribution in [2.24, 2.45) is 0 Å². The summed E-state index contributed by atoms with van der Waals surface area (Å²) in [7, 11) is 0. The summed E-state index contributed by atoms with van der Waals surface area (Å²) >= 11 is 0. The number of nitrogens with zero attached hydrogens (tertiary/aromatic N) is 2. The van der Waals surface area contributed by atoms with Crippen LogP contribution in [-0.2, 0) is 21.7 Å². The maximum atomic E-state index is 14.4. The number of carbonyl (C=O) groups is 3. The molecule has 0 bridgehead atoms. The molecule has 6 nitrogen and oxygen atoms in total. The third-order valence-electron chi connectivity index (χ3n) is 5.59. The summed E-state index contributed by atoms with van der Waals surface area (Å²) < 4.78 is 27.7. The Morgan fingerprint density at radius 3 is 2.24 bits per heavy atom. The highest BCUT2D eigenvalue weighted by Crippen LogP contribution is 2.31. The minimum Gasteiger partial charge on any atom is -0.319 e. The fraction of sp³-hybridized carbons (Fsp3) is 0.160. The summed E-state index contributed by atoms with van der Waals surface area (Å²) in [5.74, 6) is -3.05. The van der Waals surface area contributed by atoms with Crippen LogP contribution in [-0.4, -0.2) is 29.3 Å². The van der Waals surface area contributed by atoms with Crippen LogP contribution in [0.25, 0.3) is 0 Å². The lowest BCUT2D eigenvalue weighted by Crippen LogP contribution is -2.44. The van der Waals surface area contributed by atoms with Gasteiger partial charge >= 0.3 is 6.03 Å². The zero-order valence-electron chi connectivity index (χ0n) is 17.8. The molecule has 1 N–H and O–H groups in total. The Balaban J connectivity index is 1.60. The molecule has 4 amide bonds. The first-order valence-corrected chi connectivity index (χ1v) is 10.3. The van der Waals surface area contributed by atoms with Gasteiger partial charge in [0.15, 0.2) is 0 Å². The minimum absolute atomic E-state index is 0.179. The molecule has 33 heavy (non-hydrogen) atoms. The van der Waals surface area contributed by atoms with Gasteiger partial charge in [-0.15, -0.1) is 0 Å². The molecule has 3 aromatic carbocycles. The highest BCUT2D eigenvalue weighted by Gasteiger charge is 2.51. The van der Waals surface area contributed by atoms with Crippen LogP contribution in [0.15, 0.2) is 78.9 Å².